The van der Waals surface area contributed by atoms with Crippen LogP contribution in [0.15, 0.2) is 4.73 Å². The van der Waals surface area contributed by atoms with Gasteiger partial charge in [-0.25, -0.2) is 13.8 Å². The molecule has 0 spiro atoms. The van der Waals surface area contributed by atoms with E-state index < -0.39 is 5.92 Å². The molecule has 0 aromatic carbocycles. The van der Waals surface area contributed by atoms with Crippen LogP contribution in [0.3, 0.4) is 0 Å². The fourth-order valence-electron chi connectivity index (χ4n) is 1.76. The Balaban J connectivity index is 2.12. The fraction of sp³-hybridized carbons (Fsp3) is 0.750. The second-order valence-corrected chi connectivity index (χ2v) is 5.04. The number of halogens is 3. The number of nitrogens with zero attached hydrogens (tertiary/aromatic N) is 2. The summed E-state index contributed by atoms with van der Waals surface area (Å²) in [5.74, 6) is -2.62. The molecule has 78 valence electrons. The lowest BCUT2D eigenvalue weighted by atomic mass is 9.87. The van der Waals surface area contributed by atoms with Gasteiger partial charge in [0.2, 0.25) is 10.7 Å². The van der Waals surface area contributed by atoms with Crippen molar-refractivity contribution in [2.24, 2.45) is 0 Å². The lowest BCUT2D eigenvalue weighted by Crippen LogP contribution is -2.24. The highest BCUT2D eigenvalue weighted by Crippen LogP contribution is 2.42. The monoisotopic (exact) mass is 282 g/mol. The van der Waals surface area contributed by atoms with E-state index in [2.05, 4.69) is 25.3 Å². The third-order valence-corrected chi connectivity index (χ3v) is 3.87. The van der Waals surface area contributed by atoms with Gasteiger partial charge >= 0.3 is 0 Å². The maximum atomic E-state index is 13.1. The van der Waals surface area contributed by atoms with E-state index in [1.54, 1.807) is 0 Å². The van der Waals surface area contributed by atoms with E-state index in [9.17, 15) is 8.78 Å². The first kappa shape index (κ1) is 10.4. The Kier molecular flexibility index (Phi) is 2.83. The minimum Gasteiger partial charge on any atom is -0.214 e. The first-order valence-corrected chi connectivity index (χ1v) is 6.00. The average molecular weight is 283 g/mol. The van der Waals surface area contributed by atoms with Crippen molar-refractivity contribution in [2.45, 2.75) is 37.5 Å². The van der Waals surface area contributed by atoms with Gasteiger partial charge in [-0.2, -0.15) is 4.37 Å². The fourth-order valence-corrected chi connectivity index (χ4v) is 2.98. The Morgan fingerprint density at radius 2 is 2.29 bits per heavy atom. The quantitative estimate of drug-likeness (QED) is 0.787. The molecule has 2 nitrogen and oxygen atoms in total. The molecule has 1 fully saturated rings. The van der Waals surface area contributed by atoms with Crippen molar-refractivity contribution in [1.29, 1.82) is 0 Å². The molecular weight excluding hydrogens is 274 g/mol. The summed E-state index contributed by atoms with van der Waals surface area (Å²) in [6.07, 6.45) is 1.32. The van der Waals surface area contributed by atoms with E-state index in [-0.39, 0.29) is 18.8 Å². The second kappa shape index (κ2) is 3.81. The summed E-state index contributed by atoms with van der Waals surface area (Å²) in [6, 6.07) is 0. The molecule has 1 atom stereocenters. The minimum atomic E-state index is -2.51. The van der Waals surface area contributed by atoms with Crippen LogP contribution in [0.1, 0.15) is 36.6 Å². The molecule has 0 saturated heterocycles. The van der Waals surface area contributed by atoms with Crippen molar-refractivity contribution in [2.75, 3.05) is 0 Å². The van der Waals surface area contributed by atoms with Crippen molar-refractivity contribution in [1.82, 2.24) is 9.36 Å². The Hall–Kier alpha value is -0.100. The van der Waals surface area contributed by atoms with E-state index >= 15 is 0 Å². The van der Waals surface area contributed by atoms with Crippen LogP contribution in [-0.4, -0.2) is 15.3 Å². The summed E-state index contributed by atoms with van der Waals surface area (Å²) >= 11 is 4.34. The second-order valence-electron chi connectivity index (χ2n) is 3.55. The van der Waals surface area contributed by atoms with Crippen LogP contribution in [-0.2, 0) is 0 Å². The summed E-state index contributed by atoms with van der Waals surface area (Å²) < 4.78 is 30.6. The van der Waals surface area contributed by atoms with Crippen LogP contribution < -0.4 is 0 Å². The van der Waals surface area contributed by atoms with Crippen molar-refractivity contribution in [3.05, 3.63) is 9.74 Å². The van der Waals surface area contributed by atoms with Crippen LogP contribution >= 0.6 is 27.5 Å². The zero-order valence-electron chi connectivity index (χ0n) is 7.34. The summed E-state index contributed by atoms with van der Waals surface area (Å²) in [5, 5.41) is 0.733. The van der Waals surface area contributed by atoms with E-state index in [0.29, 0.717) is 11.2 Å². The zero-order valence-corrected chi connectivity index (χ0v) is 9.74. The molecule has 0 N–H and O–H groups in total. The molecule has 1 aliphatic carbocycles. The van der Waals surface area contributed by atoms with E-state index in [4.69, 9.17) is 0 Å². The number of aromatic nitrogens is 2. The molecule has 1 aliphatic rings. The lowest BCUT2D eigenvalue weighted by Gasteiger charge is -2.27. The molecule has 14 heavy (non-hydrogen) atoms. The molecule has 1 unspecified atom stereocenters. The maximum absolute atomic E-state index is 13.1. The molecule has 0 amide bonds. The topological polar surface area (TPSA) is 25.8 Å². The highest BCUT2D eigenvalue weighted by Gasteiger charge is 2.37. The van der Waals surface area contributed by atoms with Gasteiger partial charge in [-0.3, -0.25) is 0 Å². The molecule has 1 aromatic rings. The molecule has 0 radical (unpaired) electrons. The lowest BCUT2D eigenvalue weighted by molar-refractivity contribution is -0.0408. The Morgan fingerprint density at radius 3 is 2.86 bits per heavy atom. The number of rotatable bonds is 1. The summed E-state index contributed by atoms with van der Waals surface area (Å²) in [6.45, 7) is 0. The van der Waals surface area contributed by atoms with Crippen LogP contribution in [0, 0.1) is 0 Å². The average Bonchev–Trinajstić information content (AvgIpc) is 2.50. The van der Waals surface area contributed by atoms with Crippen LogP contribution in [0.2, 0.25) is 0 Å². The summed E-state index contributed by atoms with van der Waals surface area (Å²) in [4.78, 5) is 4.09. The smallest absolute Gasteiger partial charge is 0.214 e. The minimum absolute atomic E-state index is 0.0173. The van der Waals surface area contributed by atoms with Gasteiger partial charge in [-0.1, -0.05) is 0 Å². The maximum Gasteiger partial charge on any atom is 0.248 e. The SMILES string of the molecule is FC1(F)CCCC(c2nc(Br)ns2)C1. The van der Waals surface area contributed by atoms with Gasteiger partial charge in [-0.15, -0.1) is 0 Å². The third kappa shape index (κ3) is 2.28. The summed E-state index contributed by atoms with van der Waals surface area (Å²) in [7, 11) is 0. The number of alkyl halides is 2. The standard InChI is InChI=1S/C8H9BrF2N2S/c9-7-12-6(14-13-7)5-2-1-3-8(10,11)4-5/h5H,1-4H2. The highest BCUT2D eigenvalue weighted by atomic mass is 79.9. The molecule has 0 aliphatic heterocycles. The first-order valence-electron chi connectivity index (χ1n) is 4.44. The molecule has 1 saturated carbocycles. The summed E-state index contributed by atoms with van der Waals surface area (Å²) in [5.41, 5.74) is 0. The van der Waals surface area contributed by atoms with E-state index in [0.717, 1.165) is 11.4 Å². The highest BCUT2D eigenvalue weighted by molar-refractivity contribution is 9.10. The van der Waals surface area contributed by atoms with Gasteiger partial charge < -0.3 is 0 Å². The molecule has 0 bridgehead atoms. The predicted molar refractivity (Wildman–Crippen MR) is 53.8 cm³/mol. The van der Waals surface area contributed by atoms with Crippen molar-refractivity contribution in [3.8, 4) is 0 Å². The van der Waals surface area contributed by atoms with Crippen molar-refractivity contribution < 1.29 is 8.78 Å². The van der Waals surface area contributed by atoms with Crippen LogP contribution in [0.5, 0.6) is 0 Å². The Morgan fingerprint density at radius 1 is 1.50 bits per heavy atom. The van der Waals surface area contributed by atoms with Crippen molar-refractivity contribution in [3.63, 3.8) is 0 Å². The van der Waals surface area contributed by atoms with Crippen LogP contribution in [0.25, 0.3) is 0 Å². The Bertz CT molecular complexity index is 329. The molecule has 2 rings (SSSR count). The molecule has 1 heterocycles. The molecular formula is C8H9BrF2N2S. The Labute approximate surface area is 93.0 Å². The normalized spacial score (nSPS) is 26.4. The van der Waals surface area contributed by atoms with Gasteiger partial charge in [0.15, 0.2) is 0 Å². The van der Waals surface area contributed by atoms with Gasteiger partial charge in [-0.05, 0) is 40.3 Å². The first-order chi connectivity index (χ1) is 6.57. The van der Waals surface area contributed by atoms with Gasteiger partial charge in [0.1, 0.15) is 5.01 Å². The molecule has 1 aromatic heterocycles. The van der Waals surface area contributed by atoms with Gasteiger partial charge in [0, 0.05) is 18.8 Å². The number of hydrogen-bond acceptors (Lipinski definition) is 3. The number of hydrogen-bond donors (Lipinski definition) is 0. The van der Waals surface area contributed by atoms with E-state index in [1.807, 2.05) is 0 Å². The predicted octanol–water partition coefficient (Wildman–Crippen LogP) is 3.59. The zero-order chi connectivity index (χ0) is 10.2. The van der Waals surface area contributed by atoms with Crippen LogP contribution in [0.4, 0.5) is 8.78 Å². The van der Waals surface area contributed by atoms with Gasteiger partial charge in [0.25, 0.3) is 0 Å². The molecule has 6 heteroatoms. The van der Waals surface area contributed by atoms with Crippen molar-refractivity contribution >= 4 is 27.5 Å². The largest absolute Gasteiger partial charge is 0.248 e. The van der Waals surface area contributed by atoms with Gasteiger partial charge in [0.05, 0.1) is 0 Å². The third-order valence-electron chi connectivity index (χ3n) is 2.41. The van der Waals surface area contributed by atoms with E-state index in [1.165, 1.54) is 11.5 Å².